The first-order chi connectivity index (χ1) is 9.63. The smallest absolute Gasteiger partial charge is 0.214 e. The summed E-state index contributed by atoms with van der Waals surface area (Å²) in [6.07, 6.45) is 7.73. The van der Waals surface area contributed by atoms with Gasteiger partial charge in [0.25, 0.3) is 0 Å². The number of pyridine rings is 1. The molecule has 0 bridgehead atoms. The van der Waals surface area contributed by atoms with Gasteiger partial charge in [0.05, 0.1) is 5.75 Å². The van der Waals surface area contributed by atoms with Gasteiger partial charge < -0.3 is 0 Å². The molecule has 0 aromatic carbocycles. The Balaban J connectivity index is 1.98. The van der Waals surface area contributed by atoms with E-state index in [0.717, 1.165) is 24.8 Å². The van der Waals surface area contributed by atoms with E-state index in [1.165, 1.54) is 0 Å². The number of hydrogen-bond donors (Lipinski definition) is 0. The number of sulfonamides is 1. The standard InChI is InChI=1S/C14H21ClN2O2S/c15-8-2-11-17(14-3-1-4-14)20(18,19)12-7-13-5-9-16-10-6-13/h5-6,9-10,14H,1-4,7-8,11-12H2. The second-order valence-corrected chi connectivity index (χ2v) is 7.58. The van der Waals surface area contributed by atoms with Gasteiger partial charge in [0.2, 0.25) is 10.0 Å². The predicted molar refractivity (Wildman–Crippen MR) is 81.4 cm³/mol. The minimum atomic E-state index is -3.20. The summed E-state index contributed by atoms with van der Waals surface area (Å²) in [5.74, 6) is 0.666. The highest BCUT2D eigenvalue weighted by molar-refractivity contribution is 7.89. The number of rotatable bonds is 8. The van der Waals surface area contributed by atoms with Crippen molar-refractivity contribution in [1.29, 1.82) is 0 Å². The fourth-order valence-corrected chi connectivity index (χ4v) is 4.27. The summed E-state index contributed by atoms with van der Waals surface area (Å²) in [5.41, 5.74) is 1.01. The fourth-order valence-electron chi connectivity index (χ4n) is 2.35. The molecule has 20 heavy (non-hydrogen) atoms. The number of alkyl halides is 1. The summed E-state index contributed by atoms with van der Waals surface area (Å²) in [7, 11) is -3.20. The Morgan fingerprint density at radius 2 is 2.00 bits per heavy atom. The topological polar surface area (TPSA) is 50.3 Å². The van der Waals surface area contributed by atoms with Crippen LogP contribution >= 0.6 is 11.6 Å². The third-order valence-electron chi connectivity index (χ3n) is 3.75. The third kappa shape index (κ3) is 4.17. The molecule has 6 heteroatoms. The first-order valence-corrected chi connectivity index (χ1v) is 9.22. The van der Waals surface area contributed by atoms with Gasteiger partial charge in [-0.05, 0) is 43.4 Å². The lowest BCUT2D eigenvalue weighted by molar-refractivity contribution is 0.220. The molecule has 1 aliphatic carbocycles. The Morgan fingerprint density at radius 3 is 2.55 bits per heavy atom. The van der Waals surface area contributed by atoms with Crippen molar-refractivity contribution in [2.24, 2.45) is 0 Å². The normalized spacial score (nSPS) is 16.3. The largest absolute Gasteiger partial charge is 0.265 e. The average Bonchev–Trinajstić information content (AvgIpc) is 2.40. The van der Waals surface area contributed by atoms with Gasteiger partial charge in [0, 0.05) is 30.9 Å². The highest BCUT2D eigenvalue weighted by atomic mass is 35.5. The van der Waals surface area contributed by atoms with Gasteiger partial charge in [-0.3, -0.25) is 4.98 Å². The van der Waals surface area contributed by atoms with Crippen molar-refractivity contribution in [2.75, 3.05) is 18.2 Å². The van der Waals surface area contributed by atoms with E-state index < -0.39 is 10.0 Å². The SMILES string of the molecule is O=S(=O)(CCc1ccncc1)N(CCCCl)C1CCC1. The number of aryl methyl sites for hydroxylation is 1. The van der Waals surface area contributed by atoms with Crippen LogP contribution in [-0.2, 0) is 16.4 Å². The van der Waals surface area contributed by atoms with Crippen molar-refractivity contribution < 1.29 is 8.42 Å². The van der Waals surface area contributed by atoms with Crippen LogP contribution in [0.1, 0.15) is 31.2 Å². The molecule has 0 amide bonds. The van der Waals surface area contributed by atoms with Crippen molar-refractivity contribution in [3.05, 3.63) is 30.1 Å². The zero-order chi connectivity index (χ0) is 14.4. The van der Waals surface area contributed by atoms with Gasteiger partial charge in [-0.1, -0.05) is 6.42 Å². The molecular formula is C14H21ClN2O2S. The molecule has 1 saturated carbocycles. The van der Waals surface area contributed by atoms with E-state index in [-0.39, 0.29) is 11.8 Å². The summed E-state index contributed by atoms with van der Waals surface area (Å²) >= 11 is 5.71. The molecule has 1 aromatic rings. The van der Waals surface area contributed by atoms with Crippen LogP contribution in [0, 0.1) is 0 Å². The highest BCUT2D eigenvalue weighted by Crippen LogP contribution is 2.27. The Labute approximate surface area is 126 Å². The zero-order valence-corrected chi connectivity index (χ0v) is 13.1. The molecular weight excluding hydrogens is 296 g/mol. The van der Waals surface area contributed by atoms with E-state index in [2.05, 4.69) is 4.98 Å². The van der Waals surface area contributed by atoms with Gasteiger partial charge in [-0.15, -0.1) is 11.6 Å². The van der Waals surface area contributed by atoms with E-state index in [4.69, 9.17) is 11.6 Å². The van der Waals surface area contributed by atoms with Gasteiger partial charge in [0.15, 0.2) is 0 Å². The lowest BCUT2D eigenvalue weighted by Crippen LogP contribution is -2.46. The Hall–Kier alpha value is -0.650. The summed E-state index contributed by atoms with van der Waals surface area (Å²) in [4.78, 5) is 3.94. The Bertz CT molecular complexity index is 503. The van der Waals surface area contributed by atoms with Crippen molar-refractivity contribution in [1.82, 2.24) is 9.29 Å². The first-order valence-electron chi connectivity index (χ1n) is 7.08. The molecule has 112 valence electrons. The first kappa shape index (κ1) is 15.7. The summed E-state index contributed by atoms with van der Waals surface area (Å²) < 4.78 is 26.7. The van der Waals surface area contributed by atoms with Crippen molar-refractivity contribution >= 4 is 21.6 Å². The van der Waals surface area contributed by atoms with E-state index in [0.29, 0.717) is 25.3 Å². The van der Waals surface area contributed by atoms with E-state index >= 15 is 0 Å². The number of nitrogens with zero attached hydrogens (tertiary/aromatic N) is 2. The molecule has 1 heterocycles. The molecule has 0 spiro atoms. The van der Waals surface area contributed by atoms with Crippen LogP contribution in [0.5, 0.6) is 0 Å². The molecule has 0 N–H and O–H groups in total. The molecule has 0 aliphatic heterocycles. The average molecular weight is 317 g/mol. The van der Waals surface area contributed by atoms with Crippen LogP contribution in [0.3, 0.4) is 0 Å². The maximum Gasteiger partial charge on any atom is 0.214 e. The summed E-state index contributed by atoms with van der Waals surface area (Å²) in [6, 6.07) is 3.92. The summed E-state index contributed by atoms with van der Waals surface area (Å²) in [6.45, 7) is 0.548. The zero-order valence-electron chi connectivity index (χ0n) is 11.5. The molecule has 0 atom stereocenters. The number of aromatic nitrogens is 1. The second-order valence-electron chi connectivity index (χ2n) is 5.16. The Kier molecular flexibility index (Phi) is 5.81. The van der Waals surface area contributed by atoms with Gasteiger partial charge in [0.1, 0.15) is 0 Å². The number of hydrogen-bond acceptors (Lipinski definition) is 3. The Morgan fingerprint density at radius 1 is 1.30 bits per heavy atom. The quantitative estimate of drug-likeness (QED) is 0.692. The summed E-state index contributed by atoms with van der Waals surface area (Å²) in [5, 5.41) is 0. The molecule has 1 fully saturated rings. The molecule has 4 nitrogen and oxygen atoms in total. The van der Waals surface area contributed by atoms with Crippen LogP contribution < -0.4 is 0 Å². The molecule has 1 aromatic heterocycles. The van der Waals surface area contributed by atoms with E-state index in [1.807, 2.05) is 12.1 Å². The van der Waals surface area contributed by atoms with E-state index in [1.54, 1.807) is 16.7 Å². The molecule has 0 radical (unpaired) electrons. The molecule has 0 saturated heterocycles. The minimum Gasteiger partial charge on any atom is -0.265 e. The third-order valence-corrected chi connectivity index (χ3v) is 5.93. The predicted octanol–water partition coefficient (Wildman–Crippen LogP) is 2.44. The van der Waals surface area contributed by atoms with Crippen molar-refractivity contribution in [3.8, 4) is 0 Å². The van der Waals surface area contributed by atoms with Gasteiger partial charge in [-0.2, -0.15) is 4.31 Å². The monoisotopic (exact) mass is 316 g/mol. The molecule has 0 unspecified atom stereocenters. The van der Waals surface area contributed by atoms with E-state index in [9.17, 15) is 8.42 Å². The van der Waals surface area contributed by atoms with Gasteiger partial charge in [-0.25, -0.2) is 8.42 Å². The van der Waals surface area contributed by atoms with Crippen molar-refractivity contribution in [2.45, 2.75) is 38.1 Å². The van der Waals surface area contributed by atoms with Crippen molar-refractivity contribution in [3.63, 3.8) is 0 Å². The molecule has 1 aliphatic rings. The van der Waals surface area contributed by atoms with Gasteiger partial charge >= 0.3 is 0 Å². The lowest BCUT2D eigenvalue weighted by atomic mass is 9.93. The van der Waals surface area contributed by atoms with Crippen LogP contribution in [-0.4, -0.2) is 41.9 Å². The lowest BCUT2D eigenvalue weighted by Gasteiger charge is -2.36. The highest BCUT2D eigenvalue weighted by Gasteiger charge is 2.32. The number of halogens is 1. The maximum absolute atomic E-state index is 12.5. The van der Waals surface area contributed by atoms with Crippen LogP contribution in [0.4, 0.5) is 0 Å². The second kappa shape index (κ2) is 7.38. The minimum absolute atomic E-state index is 0.162. The maximum atomic E-state index is 12.5. The van der Waals surface area contributed by atoms with Crippen LogP contribution in [0.15, 0.2) is 24.5 Å². The van der Waals surface area contributed by atoms with Crippen LogP contribution in [0.25, 0.3) is 0 Å². The molecule has 2 rings (SSSR count). The van der Waals surface area contributed by atoms with Crippen LogP contribution in [0.2, 0.25) is 0 Å². The fraction of sp³-hybridized carbons (Fsp3) is 0.643.